The summed E-state index contributed by atoms with van der Waals surface area (Å²) in [5.74, 6) is -0.219. The SMILES string of the molecule is C=CC(C)(C)C(Sc1ccccc1)C(=O)OC. The van der Waals surface area contributed by atoms with Crippen LogP contribution in [0.15, 0.2) is 47.9 Å². The van der Waals surface area contributed by atoms with Gasteiger partial charge in [-0.1, -0.05) is 38.1 Å². The van der Waals surface area contributed by atoms with Gasteiger partial charge in [0.25, 0.3) is 0 Å². The number of esters is 1. The molecule has 0 radical (unpaired) electrons. The maximum absolute atomic E-state index is 11.8. The van der Waals surface area contributed by atoms with Crippen molar-refractivity contribution in [1.29, 1.82) is 0 Å². The first-order valence-electron chi connectivity index (χ1n) is 5.44. The standard InChI is InChI=1S/C14H18O2S/c1-5-14(2,3)12(13(15)16-4)17-11-9-7-6-8-10-11/h5-10,12H,1H2,2-4H3. The van der Waals surface area contributed by atoms with Gasteiger partial charge < -0.3 is 4.74 Å². The molecule has 0 bridgehead atoms. The van der Waals surface area contributed by atoms with Crippen LogP contribution in [0.5, 0.6) is 0 Å². The second kappa shape index (κ2) is 5.92. The molecule has 0 aliphatic carbocycles. The normalized spacial score (nSPS) is 12.9. The number of rotatable bonds is 5. The van der Waals surface area contributed by atoms with E-state index in [0.717, 1.165) is 4.90 Å². The molecule has 0 saturated heterocycles. The molecule has 0 saturated carbocycles. The third kappa shape index (κ3) is 3.63. The van der Waals surface area contributed by atoms with E-state index in [9.17, 15) is 4.79 Å². The van der Waals surface area contributed by atoms with Gasteiger partial charge in [0.2, 0.25) is 0 Å². The molecule has 0 spiro atoms. The molecule has 2 nitrogen and oxygen atoms in total. The highest BCUT2D eigenvalue weighted by Gasteiger charge is 2.34. The number of thioether (sulfide) groups is 1. The number of ether oxygens (including phenoxy) is 1. The monoisotopic (exact) mass is 250 g/mol. The molecule has 1 aromatic carbocycles. The Morgan fingerprint density at radius 2 is 2.00 bits per heavy atom. The Balaban J connectivity index is 2.93. The second-order valence-corrected chi connectivity index (χ2v) is 5.54. The molecule has 0 N–H and O–H groups in total. The summed E-state index contributed by atoms with van der Waals surface area (Å²) in [6.07, 6.45) is 1.80. The number of benzene rings is 1. The molecule has 1 atom stereocenters. The molecule has 1 unspecified atom stereocenters. The highest BCUT2D eigenvalue weighted by Crippen LogP contribution is 2.37. The molecular weight excluding hydrogens is 232 g/mol. The van der Waals surface area contributed by atoms with Crippen molar-refractivity contribution in [3.05, 3.63) is 43.0 Å². The van der Waals surface area contributed by atoms with Crippen LogP contribution in [0.1, 0.15) is 13.8 Å². The van der Waals surface area contributed by atoms with Gasteiger partial charge in [-0.2, -0.15) is 0 Å². The topological polar surface area (TPSA) is 26.3 Å². The zero-order chi connectivity index (χ0) is 12.9. The van der Waals surface area contributed by atoms with E-state index >= 15 is 0 Å². The zero-order valence-electron chi connectivity index (χ0n) is 10.5. The molecule has 0 amide bonds. The maximum Gasteiger partial charge on any atom is 0.320 e. The van der Waals surface area contributed by atoms with Crippen molar-refractivity contribution in [2.75, 3.05) is 7.11 Å². The van der Waals surface area contributed by atoms with Gasteiger partial charge in [-0.15, -0.1) is 18.3 Å². The van der Waals surface area contributed by atoms with E-state index in [1.54, 1.807) is 6.08 Å². The Bertz CT molecular complexity index is 384. The molecule has 92 valence electrons. The molecule has 0 fully saturated rings. The third-order valence-electron chi connectivity index (χ3n) is 2.61. The van der Waals surface area contributed by atoms with E-state index in [4.69, 9.17) is 4.74 Å². The summed E-state index contributed by atoms with van der Waals surface area (Å²) < 4.78 is 4.87. The van der Waals surface area contributed by atoms with Gasteiger partial charge in [-0.3, -0.25) is 4.79 Å². The van der Waals surface area contributed by atoms with Gasteiger partial charge in [-0.25, -0.2) is 0 Å². The van der Waals surface area contributed by atoms with Crippen LogP contribution in [-0.2, 0) is 9.53 Å². The molecule has 0 aromatic heterocycles. The first-order chi connectivity index (χ1) is 8.01. The van der Waals surface area contributed by atoms with Gasteiger partial charge in [0.15, 0.2) is 0 Å². The lowest BCUT2D eigenvalue weighted by Gasteiger charge is -2.28. The van der Waals surface area contributed by atoms with E-state index in [2.05, 4.69) is 6.58 Å². The fourth-order valence-electron chi connectivity index (χ4n) is 1.35. The summed E-state index contributed by atoms with van der Waals surface area (Å²) in [6.45, 7) is 7.76. The summed E-state index contributed by atoms with van der Waals surface area (Å²) in [5, 5.41) is -0.285. The summed E-state index contributed by atoms with van der Waals surface area (Å²) in [4.78, 5) is 12.9. The quantitative estimate of drug-likeness (QED) is 0.454. The molecular formula is C14H18O2S. The van der Waals surface area contributed by atoms with Gasteiger partial charge in [0.05, 0.1) is 7.11 Å². The number of allylic oxidation sites excluding steroid dienone is 1. The van der Waals surface area contributed by atoms with Crippen LogP contribution in [0.3, 0.4) is 0 Å². The van der Waals surface area contributed by atoms with Crippen LogP contribution in [0, 0.1) is 5.41 Å². The molecule has 17 heavy (non-hydrogen) atoms. The van der Waals surface area contributed by atoms with Crippen LogP contribution < -0.4 is 0 Å². The lowest BCUT2D eigenvalue weighted by Crippen LogP contribution is -2.33. The van der Waals surface area contributed by atoms with Crippen molar-refractivity contribution in [3.8, 4) is 0 Å². The van der Waals surface area contributed by atoms with Crippen molar-refractivity contribution in [3.63, 3.8) is 0 Å². The van der Waals surface area contributed by atoms with Crippen LogP contribution >= 0.6 is 11.8 Å². The first kappa shape index (κ1) is 13.8. The van der Waals surface area contributed by atoms with Crippen molar-refractivity contribution < 1.29 is 9.53 Å². The third-order valence-corrected chi connectivity index (χ3v) is 4.19. The van der Waals surface area contributed by atoms with Gasteiger partial charge in [0.1, 0.15) is 5.25 Å². The minimum Gasteiger partial charge on any atom is -0.468 e. The summed E-state index contributed by atoms with van der Waals surface area (Å²) in [5.41, 5.74) is -0.312. The molecule has 0 aliphatic rings. The number of carbonyl (C=O) groups is 1. The fraction of sp³-hybridized carbons (Fsp3) is 0.357. The molecule has 0 aliphatic heterocycles. The van der Waals surface area contributed by atoms with Crippen LogP contribution in [0.25, 0.3) is 0 Å². The van der Waals surface area contributed by atoms with Crippen LogP contribution in [-0.4, -0.2) is 18.3 Å². The summed E-state index contributed by atoms with van der Waals surface area (Å²) in [6, 6.07) is 9.84. The summed E-state index contributed by atoms with van der Waals surface area (Å²) >= 11 is 1.51. The van der Waals surface area contributed by atoms with E-state index in [1.165, 1.54) is 18.9 Å². The number of carbonyl (C=O) groups excluding carboxylic acids is 1. The Hall–Kier alpha value is -1.22. The van der Waals surface area contributed by atoms with E-state index < -0.39 is 0 Å². The van der Waals surface area contributed by atoms with Crippen LogP contribution in [0.4, 0.5) is 0 Å². The second-order valence-electron chi connectivity index (χ2n) is 4.36. The van der Waals surface area contributed by atoms with Crippen molar-refractivity contribution >= 4 is 17.7 Å². The fourth-order valence-corrected chi connectivity index (χ4v) is 2.53. The minimum atomic E-state index is -0.312. The van der Waals surface area contributed by atoms with Gasteiger partial charge in [-0.05, 0) is 12.1 Å². The predicted octanol–water partition coefficient (Wildman–Crippen LogP) is 3.53. The van der Waals surface area contributed by atoms with Crippen molar-refractivity contribution in [1.82, 2.24) is 0 Å². The van der Waals surface area contributed by atoms with E-state index in [0.29, 0.717) is 0 Å². The highest BCUT2D eigenvalue weighted by atomic mass is 32.2. The lowest BCUT2D eigenvalue weighted by molar-refractivity contribution is -0.141. The largest absolute Gasteiger partial charge is 0.468 e. The average Bonchev–Trinajstić information content (AvgIpc) is 2.36. The molecule has 1 aromatic rings. The van der Waals surface area contributed by atoms with E-state index in [1.807, 2.05) is 44.2 Å². The Kier molecular flexibility index (Phi) is 4.82. The molecule has 3 heteroatoms. The van der Waals surface area contributed by atoms with Crippen molar-refractivity contribution in [2.24, 2.45) is 5.41 Å². The van der Waals surface area contributed by atoms with Crippen molar-refractivity contribution in [2.45, 2.75) is 24.0 Å². The summed E-state index contributed by atoms with van der Waals surface area (Å²) in [7, 11) is 1.42. The number of methoxy groups -OCH3 is 1. The van der Waals surface area contributed by atoms with E-state index in [-0.39, 0.29) is 16.6 Å². The smallest absolute Gasteiger partial charge is 0.320 e. The van der Waals surface area contributed by atoms with Crippen LogP contribution in [0.2, 0.25) is 0 Å². The Morgan fingerprint density at radius 1 is 1.41 bits per heavy atom. The van der Waals surface area contributed by atoms with Gasteiger partial charge >= 0.3 is 5.97 Å². The maximum atomic E-state index is 11.8. The Morgan fingerprint density at radius 3 is 2.47 bits per heavy atom. The minimum absolute atomic E-state index is 0.219. The Labute approximate surface area is 107 Å². The number of hydrogen-bond acceptors (Lipinski definition) is 3. The number of hydrogen-bond donors (Lipinski definition) is 0. The lowest BCUT2D eigenvalue weighted by atomic mass is 9.89. The molecule has 0 heterocycles. The van der Waals surface area contributed by atoms with Gasteiger partial charge in [0, 0.05) is 10.3 Å². The highest BCUT2D eigenvalue weighted by molar-refractivity contribution is 8.00. The zero-order valence-corrected chi connectivity index (χ0v) is 11.3. The molecule has 1 rings (SSSR count). The average molecular weight is 250 g/mol. The predicted molar refractivity (Wildman–Crippen MR) is 72.1 cm³/mol. The first-order valence-corrected chi connectivity index (χ1v) is 6.32.